The Bertz CT molecular complexity index is 548. The van der Waals surface area contributed by atoms with Gasteiger partial charge >= 0.3 is 0 Å². The van der Waals surface area contributed by atoms with Crippen LogP contribution in [0.2, 0.25) is 0 Å². The van der Waals surface area contributed by atoms with Crippen LogP contribution in [-0.4, -0.2) is 37.6 Å². The number of likely N-dealkylation sites (N-methyl/N-ethyl adjacent to an activating group) is 1. The molecule has 2 aliphatic rings. The summed E-state index contributed by atoms with van der Waals surface area (Å²) in [4.78, 5) is 4.32. The Hall–Kier alpha value is -1.16. The number of benzene rings is 1. The van der Waals surface area contributed by atoms with E-state index in [-0.39, 0.29) is 23.4 Å². The van der Waals surface area contributed by atoms with Crippen molar-refractivity contribution >= 4 is 5.69 Å². The van der Waals surface area contributed by atoms with Gasteiger partial charge in [0, 0.05) is 43.3 Å². The average molecular weight is 294 g/mol. The molecular weight excluding hydrogens is 270 g/mol. The van der Waals surface area contributed by atoms with Gasteiger partial charge in [-0.3, -0.25) is 0 Å². The maximum atomic E-state index is 14.6. The van der Waals surface area contributed by atoms with Crippen LogP contribution in [0.1, 0.15) is 38.3 Å². The van der Waals surface area contributed by atoms with Gasteiger partial charge < -0.3 is 9.80 Å². The van der Waals surface area contributed by atoms with E-state index in [1.54, 1.807) is 6.07 Å². The maximum Gasteiger partial charge on any atom is 0.277 e. The lowest BCUT2D eigenvalue weighted by atomic mass is 9.82. The summed E-state index contributed by atoms with van der Waals surface area (Å²) in [5.41, 5.74) is 1.82. The van der Waals surface area contributed by atoms with E-state index in [1.807, 2.05) is 19.2 Å². The average Bonchev–Trinajstić information content (AvgIpc) is 2.36. The molecule has 0 amide bonds. The Labute approximate surface area is 125 Å². The van der Waals surface area contributed by atoms with Crippen LogP contribution in [0.3, 0.4) is 0 Å². The van der Waals surface area contributed by atoms with Crippen molar-refractivity contribution in [2.24, 2.45) is 0 Å². The number of fused-ring (bicyclic) bond motifs is 3. The molecule has 2 heterocycles. The van der Waals surface area contributed by atoms with E-state index >= 15 is 0 Å². The van der Waals surface area contributed by atoms with Crippen LogP contribution in [0.4, 0.5) is 14.5 Å². The van der Waals surface area contributed by atoms with Gasteiger partial charge in [0.05, 0.1) is 0 Å². The van der Waals surface area contributed by atoms with Crippen LogP contribution in [0, 0.1) is 0 Å². The van der Waals surface area contributed by atoms with Crippen molar-refractivity contribution < 1.29 is 8.78 Å². The number of rotatable bonds is 0. The zero-order chi connectivity index (χ0) is 15.4. The Kier molecular flexibility index (Phi) is 3.28. The molecule has 0 saturated carbocycles. The fourth-order valence-corrected chi connectivity index (χ4v) is 3.45. The van der Waals surface area contributed by atoms with Crippen molar-refractivity contribution in [3.8, 4) is 0 Å². The molecule has 2 nitrogen and oxygen atoms in total. The minimum atomic E-state index is -2.73. The Morgan fingerprint density at radius 3 is 2.57 bits per heavy atom. The number of piperazine rings is 1. The van der Waals surface area contributed by atoms with E-state index < -0.39 is 5.92 Å². The number of alkyl halides is 2. The molecule has 1 aromatic rings. The molecule has 1 atom stereocenters. The van der Waals surface area contributed by atoms with Crippen molar-refractivity contribution in [3.63, 3.8) is 0 Å². The minimum absolute atomic E-state index is 0.0715. The van der Waals surface area contributed by atoms with Gasteiger partial charge in [-0.25, -0.2) is 8.78 Å². The molecule has 2 aliphatic heterocycles. The quantitative estimate of drug-likeness (QED) is 0.721. The second kappa shape index (κ2) is 4.67. The summed E-state index contributed by atoms with van der Waals surface area (Å²) in [5.74, 6) is -2.73. The molecule has 1 saturated heterocycles. The maximum absolute atomic E-state index is 14.6. The van der Waals surface area contributed by atoms with Crippen molar-refractivity contribution in [2.45, 2.75) is 44.6 Å². The molecule has 1 aromatic carbocycles. The van der Waals surface area contributed by atoms with Gasteiger partial charge in [-0.15, -0.1) is 0 Å². The number of nitrogens with zero attached hydrogens (tertiary/aromatic N) is 2. The lowest BCUT2D eigenvalue weighted by Crippen LogP contribution is -2.56. The zero-order valence-corrected chi connectivity index (χ0v) is 13.3. The molecule has 0 radical (unpaired) electrons. The summed E-state index contributed by atoms with van der Waals surface area (Å²) in [5, 5.41) is 0. The van der Waals surface area contributed by atoms with E-state index in [0.717, 1.165) is 30.9 Å². The van der Waals surface area contributed by atoms with E-state index in [4.69, 9.17) is 0 Å². The number of hydrogen-bond acceptors (Lipinski definition) is 2. The predicted molar refractivity (Wildman–Crippen MR) is 82.3 cm³/mol. The van der Waals surface area contributed by atoms with Crippen LogP contribution in [0.15, 0.2) is 18.2 Å². The molecule has 0 N–H and O–H groups in total. The fourth-order valence-electron chi connectivity index (χ4n) is 3.45. The molecule has 1 fully saturated rings. The molecule has 21 heavy (non-hydrogen) atoms. The normalized spacial score (nSPS) is 25.4. The molecule has 0 spiro atoms. The molecule has 1 unspecified atom stereocenters. The lowest BCUT2D eigenvalue weighted by molar-refractivity contribution is -0.0308. The first-order chi connectivity index (χ1) is 9.68. The predicted octanol–water partition coefficient (Wildman–Crippen LogP) is 3.60. The Morgan fingerprint density at radius 1 is 1.19 bits per heavy atom. The molecule has 3 rings (SSSR count). The van der Waals surface area contributed by atoms with Gasteiger partial charge in [0.25, 0.3) is 5.92 Å². The highest BCUT2D eigenvalue weighted by atomic mass is 19.3. The molecule has 0 bridgehead atoms. The van der Waals surface area contributed by atoms with Crippen molar-refractivity contribution in [1.29, 1.82) is 0 Å². The Balaban J connectivity index is 2.06. The molecule has 0 aromatic heterocycles. The van der Waals surface area contributed by atoms with Crippen molar-refractivity contribution in [2.75, 3.05) is 31.6 Å². The number of halogens is 2. The SMILES string of the molecule is CN1CCN2c3ccc(C(C)(C)C)cc3C(F)(F)CC2C1. The molecular formula is C17H24F2N2. The van der Waals surface area contributed by atoms with Crippen LogP contribution in [0.25, 0.3) is 0 Å². The molecule has 4 heteroatoms. The number of hydrogen-bond donors (Lipinski definition) is 0. The first-order valence-electron chi connectivity index (χ1n) is 7.66. The first kappa shape index (κ1) is 14.8. The molecule has 116 valence electrons. The highest BCUT2D eigenvalue weighted by Crippen LogP contribution is 2.46. The second-order valence-corrected chi connectivity index (χ2v) is 7.50. The molecule has 0 aliphatic carbocycles. The van der Waals surface area contributed by atoms with Crippen LogP contribution < -0.4 is 4.90 Å². The fraction of sp³-hybridized carbons (Fsp3) is 0.647. The van der Waals surface area contributed by atoms with Gasteiger partial charge in [0.15, 0.2) is 0 Å². The van der Waals surface area contributed by atoms with E-state index in [2.05, 4.69) is 30.6 Å². The summed E-state index contributed by atoms with van der Waals surface area (Å²) < 4.78 is 29.2. The largest absolute Gasteiger partial charge is 0.365 e. The zero-order valence-electron chi connectivity index (χ0n) is 13.3. The standard InChI is InChI=1S/C17H24F2N2/c1-16(2,3)12-5-6-15-14(9-12)17(18,19)10-13-11-20(4)7-8-21(13)15/h5-6,9,13H,7-8,10-11H2,1-4H3. The number of anilines is 1. The third-order valence-electron chi connectivity index (χ3n) is 4.74. The van der Waals surface area contributed by atoms with E-state index in [9.17, 15) is 8.78 Å². The van der Waals surface area contributed by atoms with Crippen molar-refractivity contribution in [3.05, 3.63) is 29.3 Å². The smallest absolute Gasteiger partial charge is 0.277 e. The minimum Gasteiger partial charge on any atom is -0.365 e. The monoisotopic (exact) mass is 294 g/mol. The summed E-state index contributed by atoms with van der Waals surface area (Å²) in [6.07, 6.45) is -0.0715. The summed E-state index contributed by atoms with van der Waals surface area (Å²) in [6.45, 7) is 8.68. The van der Waals surface area contributed by atoms with Crippen molar-refractivity contribution in [1.82, 2.24) is 4.90 Å². The summed E-state index contributed by atoms with van der Waals surface area (Å²) in [7, 11) is 2.01. The van der Waals surface area contributed by atoms with Crippen LogP contribution >= 0.6 is 0 Å². The van der Waals surface area contributed by atoms with Gasteiger partial charge in [0.2, 0.25) is 0 Å². The topological polar surface area (TPSA) is 6.48 Å². The van der Waals surface area contributed by atoms with E-state index in [0.29, 0.717) is 0 Å². The summed E-state index contributed by atoms with van der Waals surface area (Å²) in [6, 6.07) is 5.56. The van der Waals surface area contributed by atoms with Crippen LogP contribution in [0.5, 0.6) is 0 Å². The highest BCUT2D eigenvalue weighted by Gasteiger charge is 2.46. The Morgan fingerprint density at radius 2 is 1.90 bits per heavy atom. The first-order valence-corrected chi connectivity index (χ1v) is 7.66. The van der Waals surface area contributed by atoms with Gasteiger partial charge in [0.1, 0.15) is 0 Å². The third kappa shape index (κ3) is 2.54. The van der Waals surface area contributed by atoms with Crippen LogP contribution in [-0.2, 0) is 11.3 Å². The third-order valence-corrected chi connectivity index (χ3v) is 4.74. The summed E-state index contributed by atoms with van der Waals surface area (Å²) >= 11 is 0. The van der Waals surface area contributed by atoms with Gasteiger partial charge in [-0.2, -0.15) is 0 Å². The lowest BCUT2D eigenvalue weighted by Gasteiger charge is -2.47. The second-order valence-electron chi connectivity index (χ2n) is 7.50. The highest BCUT2D eigenvalue weighted by molar-refractivity contribution is 5.61. The van der Waals surface area contributed by atoms with Gasteiger partial charge in [-0.05, 0) is 30.2 Å². The van der Waals surface area contributed by atoms with Gasteiger partial charge in [-0.1, -0.05) is 26.8 Å². The van der Waals surface area contributed by atoms with E-state index in [1.165, 1.54) is 0 Å².